The van der Waals surface area contributed by atoms with Gasteiger partial charge in [0.1, 0.15) is 5.75 Å². The molecule has 4 heteroatoms. The number of aliphatic hydroxyl groups excluding tert-OH is 1. The fourth-order valence-electron chi connectivity index (χ4n) is 3.70. The standard InChI is InChI=1S/C23H24N2O2/c1-27-23-13-7-2-8-17(23)14-24-15-18(26)16-25-21-11-5-3-9-19(21)20-10-4-6-12-22(20)25/h2-13,18,24,26H,14-16H2,1H3. The maximum atomic E-state index is 10.6. The molecular weight excluding hydrogens is 336 g/mol. The predicted molar refractivity (Wildman–Crippen MR) is 110 cm³/mol. The summed E-state index contributed by atoms with van der Waals surface area (Å²) in [6.07, 6.45) is -0.487. The van der Waals surface area contributed by atoms with E-state index in [9.17, 15) is 5.11 Å². The zero-order valence-electron chi connectivity index (χ0n) is 15.4. The van der Waals surface area contributed by atoms with Crippen molar-refractivity contribution in [3.63, 3.8) is 0 Å². The minimum absolute atomic E-state index is 0.487. The van der Waals surface area contributed by atoms with Crippen LogP contribution in [0.4, 0.5) is 0 Å². The first kappa shape index (κ1) is 17.6. The Kier molecular flexibility index (Phi) is 5.10. The summed E-state index contributed by atoms with van der Waals surface area (Å²) in [5, 5.41) is 16.4. The van der Waals surface area contributed by atoms with E-state index in [1.807, 2.05) is 36.4 Å². The van der Waals surface area contributed by atoms with Crippen LogP contribution in [0.15, 0.2) is 72.8 Å². The molecule has 0 saturated carbocycles. The lowest BCUT2D eigenvalue weighted by atomic mass is 10.2. The summed E-state index contributed by atoms with van der Waals surface area (Å²) in [5.74, 6) is 0.863. The molecule has 0 saturated heterocycles. The Morgan fingerprint density at radius 3 is 2.15 bits per heavy atom. The van der Waals surface area contributed by atoms with E-state index in [0.717, 1.165) is 22.3 Å². The van der Waals surface area contributed by atoms with Gasteiger partial charge in [-0.2, -0.15) is 0 Å². The molecule has 1 atom stereocenters. The lowest BCUT2D eigenvalue weighted by molar-refractivity contribution is 0.154. The van der Waals surface area contributed by atoms with Gasteiger partial charge in [0, 0.05) is 40.5 Å². The molecule has 1 unspecified atom stereocenters. The number of nitrogens with zero attached hydrogens (tertiary/aromatic N) is 1. The molecule has 0 aliphatic heterocycles. The number of aliphatic hydroxyl groups is 1. The molecule has 0 aliphatic carbocycles. The summed E-state index contributed by atoms with van der Waals surface area (Å²) in [4.78, 5) is 0. The van der Waals surface area contributed by atoms with Gasteiger partial charge >= 0.3 is 0 Å². The summed E-state index contributed by atoms with van der Waals surface area (Å²) < 4.78 is 7.59. The van der Waals surface area contributed by atoms with Gasteiger partial charge in [-0.15, -0.1) is 0 Å². The monoisotopic (exact) mass is 360 g/mol. The molecule has 4 nitrogen and oxygen atoms in total. The van der Waals surface area contributed by atoms with Gasteiger partial charge in [-0.05, 0) is 18.2 Å². The number of nitrogens with one attached hydrogen (secondary N) is 1. The van der Waals surface area contributed by atoms with Crippen LogP contribution in [0.1, 0.15) is 5.56 Å². The second kappa shape index (κ2) is 7.82. The molecule has 0 amide bonds. The quantitative estimate of drug-likeness (QED) is 0.524. The van der Waals surface area contributed by atoms with Crippen molar-refractivity contribution in [1.29, 1.82) is 0 Å². The molecule has 4 aromatic rings. The Bertz CT molecular complexity index is 1000. The lowest BCUT2D eigenvalue weighted by Gasteiger charge is -2.15. The fraction of sp³-hybridized carbons (Fsp3) is 0.217. The second-order valence-electron chi connectivity index (χ2n) is 6.74. The van der Waals surface area contributed by atoms with E-state index in [1.54, 1.807) is 7.11 Å². The molecule has 2 N–H and O–H groups in total. The Balaban J connectivity index is 1.49. The van der Waals surface area contributed by atoms with Crippen LogP contribution in [-0.4, -0.2) is 29.4 Å². The van der Waals surface area contributed by atoms with E-state index in [4.69, 9.17) is 4.74 Å². The summed E-state index contributed by atoms with van der Waals surface area (Å²) in [6, 6.07) is 24.7. The maximum Gasteiger partial charge on any atom is 0.123 e. The molecule has 0 bridgehead atoms. The number of aromatic nitrogens is 1. The molecule has 138 valence electrons. The Morgan fingerprint density at radius 1 is 0.889 bits per heavy atom. The molecule has 4 rings (SSSR count). The largest absolute Gasteiger partial charge is 0.496 e. The van der Waals surface area contributed by atoms with Crippen LogP contribution in [0.25, 0.3) is 21.8 Å². The molecule has 1 heterocycles. The average Bonchev–Trinajstić information content (AvgIpc) is 3.02. The normalized spacial score (nSPS) is 12.5. The minimum Gasteiger partial charge on any atom is -0.496 e. The smallest absolute Gasteiger partial charge is 0.123 e. The van der Waals surface area contributed by atoms with E-state index < -0.39 is 6.10 Å². The summed E-state index contributed by atoms with van der Waals surface area (Å²) in [6.45, 7) is 1.72. The molecule has 27 heavy (non-hydrogen) atoms. The van der Waals surface area contributed by atoms with Crippen LogP contribution in [0.3, 0.4) is 0 Å². The van der Waals surface area contributed by atoms with Crippen LogP contribution in [0.5, 0.6) is 5.75 Å². The number of para-hydroxylation sites is 3. The van der Waals surface area contributed by atoms with Crippen LogP contribution in [-0.2, 0) is 13.1 Å². The summed E-state index contributed by atoms with van der Waals surface area (Å²) in [5.41, 5.74) is 3.40. The van der Waals surface area contributed by atoms with Crippen LogP contribution in [0.2, 0.25) is 0 Å². The minimum atomic E-state index is -0.487. The lowest BCUT2D eigenvalue weighted by Crippen LogP contribution is -2.30. The summed E-state index contributed by atoms with van der Waals surface area (Å²) >= 11 is 0. The van der Waals surface area contributed by atoms with Crippen molar-refractivity contribution in [2.24, 2.45) is 0 Å². The number of hydrogen-bond donors (Lipinski definition) is 2. The molecular formula is C23H24N2O2. The highest BCUT2D eigenvalue weighted by Gasteiger charge is 2.13. The first-order valence-corrected chi connectivity index (χ1v) is 9.24. The third-order valence-electron chi connectivity index (χ3n) is 4.96. The van der Waals surface area contributed by atoms with Gasteiger partial charge in [0.15, 0.2) is 0 Å². The van der Waals surface area contributed by atoms with Crippen LogP contribution < -0.4 is 10.1 Å². The van der Waals surface area contributed by atoms with Crippen LogP contribution >= 0.6 is 0 Å². The molecule has 0 radical (unpaired) electrons. The van der Waals surface area contributed by atoms with Gasteiger partial charge in [0.25, 0.3) is 0 Å². The number of fused-ring (bicyclic) bond motifs is 3. The van der Waals surface area contributed by atoms with E-state index in [2.05, 4.69) is 46.3 Å². The van der Waals surface area contributed by atoms with Gasteiger partial charge in [-0.3, -0.25) is 0 Å². The van der Waals surface area contributed by atoms with Gasteiger partial charge in [-0.25, -0.2) is 0 Å². The maximum absolute atomic E-state index is 10.6. The number of hydrogen-bond acceptors (Lipinski definition) is 3. The van der Waals surface area contributed by atoms with Gasteiger partial charge in [0.05, 0.1) is 19.8 Å². The van der Waals surface area contributed by atoms with E-state index >= 15 is 0 Å². The number of benzene rings is 3. The highest BCUT2D eigenvalue weighted by atomic mass is 16.5. The highest BCUT2D eigenvalue weighted by molar-refractivity contribution is 6.07. The van der Waals surface area contributed by atoms with Crippen molar-refractivity contribution >= 4 is 21.8 Å². The van der Waals surface area contributed by atoms with Crippen molar-refractivity contribution in [3.05, 3.63) is 78.4 Å². The van der Waals surface area contributed by atoms with Crippen molar-refractivity contribution in [1.82, 2.24) is 9.88 Å². The first-order valence-electron chi connectivity index (χ1n) is 9.24. The van der Waals surface area contributed by atoms with Crippen molar-refractivity contribution < 1.29 is 9.84 Å². The molecule has 0 fully saturated rings. The average molecular weight is 360 g/mol. The summed E-state index contributed by atoms with van der Waals surface area (Å²) in [7, 11) is 1.68. The molecule has 0 aliphatic rings. The van der Waals surface area contributed by atoms with E-state index in [1.165, 1.54) is 10.8 Å². The van der Waals surface area contributed by atoms with Crippen LogP contribution in [0, 0.1) is 0 Å². The second-order valence-corrected chi connectivity index (χ2v) is 6.74. The third kappa shape index (κ3) is 3.54. The Morgan fingerprint density at radius 2 is 1.48 bits per heavy atom. The van der Waals surface area contributed by atoms with Crippen molar-refractivity contribution in [2.75, 3.05) is 13.7 Å². The van der Waals surface area contributed by atoms with E-state index in [0.29, 0.717) is 19.6 Å². The predicted octanol–water partition coefficient (Wildman–Crippen LogP) is 3.95. The Hall–Kier alpha value is -2.82. The molecule has 1 aromatic heterocycles. The first-order chi connectivity index (χ1) is 13.3. The molecule has 3 aromatic carbocycles. The third-order valence-corrected chi connectivity index (χ3v) is 4.96. The SMILES string of the molecule is COc1ccccc1CNCC(O)Cn1c2ccccc2c2ccccc21. The number of rotatable bonds is 7. The highest BCUT2D eigenvalue weighted by Crippen LogP contribution is 2.28. The van der Waals surface area contributed by atoms with Crippen molar-refractivity contribution in [2.45, 2.75) is 19.2 Å². The molecule has 0 spiro atoms. The number of methoxy groups -OCH3 is 1. The Labute approximate surface area is 159 Å². The van der Waals surface area contributed by atoms with Gasteiger partial charge in [-0.1, -0.05) is 54.6 Å². The van der Waals surface area contributed by atoms with Gasteiger partial charge in [0.2, 0.25) is 0 Å². The number of ether oxygens (including phenoxy) is 1. The zero-order chi connectivity index (χ0) is 18.6. The zero-order valence-corrected chi connectivity index (χ0v) is 15.4. The van der Waals surface area contributed by atoms with E-state index in [-0.39, 0.29) is 0 Å². The van der Waals surface area contributed by atoms with Gasteiger partial charge < -0.3 is 19.7 Å². The topological polar surface area (TPSA) is 46.4 Å². The van der Waals surface area contributed by atoms with Crippen molar-refractivity contribution in [3.8, 4) is 5.75 Å². The fourth-order valence-corrected chi connectivity index (χ4v) is 3.70.